The van der Waals surface area contributed by atoms with Crippen molar-refractivity contribution in [1.82, 2.24) is 15.2 Å². The molecular weight excluding hydrogens is 408 g/mol. The lowest BCUT2D eigenvalue weighted by atomic mass is 10.0. The Labute approximate surface area is 186 Å². The summed E-state index contributed by atoms with van der Waals surface area (Å²) < 4.78 is 6.50. The van der Waals surface area contributed by atoms with E-state index in [1.165, 1.54) is 5.56 Å². The summed E-state index contributed by atoms with van der Waals surface area (Å²) in [4.78, 5) is 22.3. The van der Waals surface area contributed by atoms with Crippen LogP contribution in [0.15, 0.2) is 48.5 Å². The second kappa shape index (κ2) is 9.34. The molecule has 1 N–H and O–H groups in total. The van der Waals surface area contributed by atoms with Crippen molar-refractivity contribution in [2.24, 2.45) is 0 Å². The Hall–Kier alpha value is -2.48. The lowest BCUT2D eigenvalue weighted by Gasteiger charge is -2.32. The summed E-state index contributed by atoms with van der Waals surface area (Å²) in [6.45, 7) is 6.23. The normalized spacial score (nSPS) is 18.4. The highest BCUT2D eigenvalue weighted by atomic mass is 32.1. The van der Waals surface area contributed by atoms with Crippen LogP contribution in [-0.4, -0.2) is 61.2 Å². The van der Waals surface area contributed by atoms with Crippen molar-refractivity contribution in [1.29, 1.82) is 0 Å². The van der Waals surface area contributed by atoms with E-state index in [0.717, 1.165) is 79.7 Å². The highest BCUT2D eigenvalue weighted by molar-refractivity contribution is 7.22. The van der Waals surface area contributed by atoms with E-state index in [2.05, 4.69) is 45.4 Å². The third-order valence-electron chi connectivity index (χ3n) is 6.09. The van der Waals surface area contributed by atoms with Crippen LogP contribution in [0, 0.1) is 0 Å². The van der Waals surface area contributed by atoms with E-state index in [1.54, 1.807) is 11.3 Å². The van der Waals surface area contributed by atoms with Gasteiger partial charge in [-0.2, -0.15) is 0 Å². The van der Waals surface area contributed by atoms with Gasteiger partial charge in [0.15, 0.2) is 5.13 Å². The zero-order valence-electron chi connectivity index (χ0n) is 17.6. The molecule has 0 bridgehead atoms. The lowest BCUT2D eigenvalue weighted by Crippen LogP contribution is -2.44. The second-order valence-electron chi connectivity index (χ2n) is 8.29. The molecular formula is C24H28N4O2S. The summed E-state index contributed by atoms with van der Waals surface area (Å²) in [5, 5.41) is 4.26. The van der Waals surface area contributed by atoms with Gasteiger partial charge in [-0.1, -0.05) is 41.7 Å². The van der Waals surface area contributed by atoms with Crippen LogP contribution in [0.5, 0.6) is 0 Å². The Bertz CT molecular complexity index is 1020. The largest absolute Gasteiger partial charge is 0.378 e. The van der Waals surface area contributed by atoms with Gasteiger partial charge in [-0.05, 0) is 36.6 Å². The predicted octanol–water partition coefficient (Wildman–Crippen LogP) is 3.53. The third kappa shape index (κ3) is 4.89. The molecule has 2 aliphatic heterocycles. The average molecular weight is 437 g/mol. The van der Waals surface area contributed by atoms with E-state index in [1.807, 2.05) is 18.2 Å². The number of hydrogen-bond acceptors (Lipinski definition) is 6. The lowest BCUT2D eigenvalue weighted by molar-refractivity contribution is 0.0909. The number of aromatic nitrogens is 1. The van der Waals surface area contributed by atoms with E-state index in [4.69, 9.17) is 9.72 Å². The van der Waals surface area contributed by atoms with Gasteiger partial charge in [0.25, 0.3) is 5.91 Å². The van der Waals surface area contributed by atoms with E-state index < -0.39 is 0 Å². The summed E-state index contributed by atoms with van der Waals surface area (Å²) >= 11 is 1.66. The molecule has 0 saturated carbocycles. The van der Waals surface area contributed by atoms with Crippen molar-refractivity contribution >= 4 is 32.6 Å². The summed E-state index contributed by atoms with van der Waals surface area (Å²) in [5.74, 6) is 0.0183. The summed E-state index contributed by atoms with van der Waals surface area (Å²) in [6.07, 6.45) is 1.98. The molecule has 2 fully saturated rings. The van der Waals surface area contributed by atoms with E-state index >= 15 is 0 Å². The first-order valence-corrected chi connectivity index (χ1v) is 11.9. The summed E-state index contributed by atoms with van der Waals surface area (Å²) in [5.41, 5.74) is 3.02. The summed E-state index contributed by atoms with van der Waals surface area (Å²) in [7, 11) is 0. The molecule has 1 amide bonds. The van der Waals surface area contributed by atoms with Gasteiger partial charge in [0, 0.05) is 44.3 Å². The number of likely N-dealkylation sites (tertiary alicyclic amines) is 1. The molecule has 0 aliphatic carbocycles. The molecule has 0 radical (unpaired) electrons. The van der Waals surface area contributed by atoms with Crippen molar-refractivity contribution in [3.8, 4) is 0 Å². The minimum Gasteiger partial charge on any atom is -0.378 e. The van der Waals surface area contributed by atoms with Crippen LogP contribution in [-0.2, 0) is 11.3 Å². The number of amides is 1. The highest BCUT2D eigenvalue weighted by Gasteiger charge is 2.22. The zero-order valence-corrected chi connectivity index (χ0v) is 18.4. The van der Waals surface area contributed by atoms with Crippen LogP contribution in [0.25, 0.3) is 10.2 Å². The Kier molecular flexibility index (Phi) is 6.15. The van der Waals surface area contributed by atoms with E-state index in [0.29, 0.717) is 0 Å². The average Bonchev–Trinajstić information content (AvgIpc) is 3.25. The number of nitrogens with zero attached hydrogens (tertiary/aromatic N) is 3. The molecule has 2 aliphatic rings. The van der Waals surface area contributed by atoms with Crippen LogP contribution in [0.4, 0.5) is 5.13 Å². The maximum Gasteiger partial charge on any atom is 0.251 e. The quantitative estimate of drug-likeness (QED) is 0.663. The fourth-order valence-electron chi connectivity index (χ4n) is 4.29. The molecule has 3 aromatic rings. The number of fused-ring (bicyclic) bond motifs is 1. The van der Waals surface area contributed by atoms with Gasteiger partial charge in [-0.15, -0.1) is 0 Å². The molecule has 7 heteroatoms. The predicted molar refractivity (Wildman–Crippen MR) is 125 cm³/mol. The van der Waals surface area contributed by atoms with Crippen LogP contribution >= 0.6 is 11.3 Å². The number of carbonyl (C=O) groups is 1. The molecule has 0 atom stereocenters. The molecule has 0 unspecified atom stereocenters. The van der Waals surface area contributed by atoms with Crippen molar-refractivity contribution in [3.63, 3.8) is 0 Å². The number of hydrogen-bond donors (Lipinski definition) is 1. The molecule has 3 heterocycles. The number of rotatable bonds is 5. The van der Waals surface area contributed by atoms with Crippen LogP contribution in [0.1, 0.15) is 28.8 Å². The molecule has 2 saturated heterocycles. The van der Waals surface area contributed by atoms with Crippen molar-refractivity contribution in [2.45, 2.75) is 25.4 Å². The number of carbonyl (C=O) groups excluding carboxylic acids is 1. The first-order chi connectivity index (χ1) is 15.2. The van der Waals surface area contributed by atoms with Crippen molar-refractivity contribution in [3.05, 3.63) is 59.7 Å². The fraction of sp³-hybridized carbons (Fsp3) is 0.417. The summed E-state index contributed by atoms with van der Waals surface area (Å²) in [6, 6.07) is 16.7. The standard InChI is InChI=1S/C24H28N4O2S/c29-23(25-20-8-10-27(11-9-20)17-18-4-2-1-3-5-18)19-6-7-21-22(16-19)31-24(26-21)28-12-14-30-15-13-28/h1-7,16,20H,8-15,17H2,(H,25,29). The van der Waals surface area contributed by atoms with E-state index in [9.17, 15) is 4.79 Å². The number of benzene rings is 2. The molecule has 6 nitrogen and oxygen atoms in total. The Balaban J connectivity index is 1.17. The maximum absolute atomic E-state index is 12.9. The minimum atomic E-state index is 0.0183. The number of nitrogens with one attached hydrogen (secondary N) is 1. The topological polar surface area (TPSA) is 57.7 Å². The van der Waals surface area contributed by atoms with Crippen LogP contribution in [0.3, 0.4) is 0 Å². The maximum atomic E-state index is 12.9. The fourth-order valence-corrected chi connectivity index (χ4v) is 5.35. The molecule has 5 rings (SSSR count). The van der Waals surface area contributed by atoms with Gasteiger partial charge in [0.05, 0.1) is 23.4 Å². The van der Waals surface area contributed by atoms with Gasteiger partial charge in [-0.25, -0.2) is 4.98 Å². The number of ether oxygens (including phenoxy) is 1. The number of thiazole rings is 1. The van der Waals surface area contributed by atoms with Crippen molar-refractivity contribution in [2.75, 3.05) is 44.3 Å². The zero-order chi connectivity index (χ0) is 21.0. The highest BCUT2D eigenvalue weighted by Crippen LogP contribution is 2.30. The van der Waals surface area contributed by atoms with Crippen LogP contribution < -0.4 is 10.2 Å². The number of anilines is 1. The van der Waals surface area contributed by atoms with Gasteiger partial charge < -0.3 is 15.0 Å². The molecule has 162 valence electrons. The first kappa shape index (κ1) is 20.4. The molecule has 1 aromatic heterocycles. The van der Waals surface area contributed by atoms with Gasteiger partial charge in [0.2, 0.25) is 0 Å². The third-order valence-corrected chi connectivity index (χ3v) is 7.17. The van der Waals surface area contributed by atoms with Gasteiger partial charge >= 0.3 is 0 Å². The number of morpholine rings is 1. The Morgan fingerprint density at radius 1 is 1.06 bits per heavy atom. The molecule has 2 aromatic carbocycles. The van der Waals surface area contributed by atoms with E-state index in [-0.39, 0.29) is 11.9 Å². The second-order valence-corrected chi connectivity index (χ2v) is 9.30. The SMILES string of the molecule is O=C(NC1CCN(Cc2ccccc2)CC1)c1ccc2nc(N3CCOCC3)sc2c1. The van der Waals surface area contributed by atoms with Gasteiger partial charge in [-0.3, -0.25) is 9.69 Å². The minimum absolute atomic E-state index is 0.0183. The first-order valence-electron chi connectivity index (χ1n) is 11.0. The van der Waals surface area contributed by atoms with Crippen LogP contribution in [0.2, 0.25) is 0 Å². The Morgan fingerprint density at radius 3 is 2.61 bits per heavy atom. The van der Waals surface area contributed by atoms with Gasteiger partial charge in [0.1, 0.15) is 0 Å². The van der Waals surface area contributed by atoms with Crippen molar-refractivity contribution < 1.29 is 9.53 Å². The Morgan fingerprint density at radius 2 is 1.84 bits per heavy atom. The smallest absolute Gasteiger partial charge is 0.251 e. The molecule has 0 spiro atoms. The number of piperidine rings is 1. The monoisotopic (exact) mass is 436 g/mol. The molecule has 31 heavy (non-hydrogen) atoms.